The van der Waals surface area contributed by atoms with E-state index in [2.05, 4.69) is 0 Å². The summed E-state index contributed by atoms with van der Waals surface area (Å²) in [5.41, 5.74) is 9.08. The highest BCUT2D eigenvalue weighted by Crippen LogP contribution is 2.30. The molecule has 0 saturated carbocycles. The molecule has 3 aromatic carbocycles. The van der Waals surface area contributed by atoms with E-state index < -0.39 is 0 Å². The summed E-state index contributed by atoms with van der Waals surface area (Å²) in [7, 11) is 0. The lowest BCUT2D eigenvalue weighted by molar-refractivity contribution is 0.255. The molecule has 0 spiro atoms. The van der Waals surface area contributed by atoms with Crippen LogP contribution in [-0.4, -0.2) is 6.54 Å². The highest BCUT2D eigenvalue weighted by molar-refractivity contribution is 5.85. The Morgan fingerprint density at radius 1 is 0.615 bits per heavy atom. The minimum absolute atomic E-state index is 0. The highest BCUT2D eigenvalue weighted by Gasteiger charge is 2.08. The molecule has 3 nitrogen and oxygen atoms in total. The van der Waals surface area contributed by atoms with Crippen LogP contribution in [0.2, 0.25) is 0 Å². The van der Waals surface area contributed by atoms with Crippen molar-refractivity contribution in [3.8, 4) is 11.5 Å². The lowest BCUT2D eigenvalue weighted by Gasteiger charge is -2.14. The van der Waals surface area contributed by atoms with Crippen molar-refractivity contribution in [1.82, 2.24) is 0 Å². The fraction of sp³-hybridized carbons (Fsp3) is 0.182. The van der Waals surface area contributed by atoms with Gasteiger partial charge in [-0.3, -0.25) is 0 Å². The van der Waals surface area contributed by atoms with Gasteiger partial charge >= 0.3 is 0 Å². The zero-order chi connectivity index (χ0) is 17.3. The van der Waals surface area contributed by atoms with Crippen molar-refractivity contribution >= 4 is 12.4 Å². The Balaban J connectivity index is 0.00000243. The zero-order valence-electron chi connectivity index (χ0n) is 14.6. The molecule has 0 aliphatic heterocycles. The average molecular weight is 370 g/mol. The minimum Gasteiger partial charge on any atom is -0.485 e. The summed E-state index contributed by atoms with van der Waals surface area (Å²) in [5, 5.41) is 0. The predicted octanol–water partition coefficient (Wildman–Crippen LogP) is 4.77. The number of rotatable bonds is 8. The van der Waals surface area contributed by atoms with E-state index in [0.717, 1.165) is 34.6 Å². The molecule has 0 saturated heterocycles. The van der Waals surface area contributed by atoms with Crippen LogP contribution >= 0.6 is 12.4 Å². The summed E-state index contributed by atoms with van der Waals surface area (Å²) in [6.45, 7) is 1.63. The first-order chi connectivity index (χ1) is 12.3. The van der Waals surface area contributed by atoms with Crippen LogP contribution in [0.25, 0.3) is 0 Å². The molecule has 3 aromatic rings. The van der Waals surface area contributed by atoms with E-state index in [0.29, 0.717) is 19.8 Å². The molecule has 0 heterocycles. The molecule has 0 atom stereocenters. The molecule has 26 heavy (non-hydrogen) atoms. The minimum atomic E-state index is 0. The number of hydrogen-bond acceptors (Lipinski definition) is 3. The van der Waals surface area contributed by atoms with E-state index in [1.165, 1.54) is 0 Å². The molecule has 0 bridgehead atoms. The van der Waals surface area contributed by atoms with Crippen molar-refractivity contribution in [2.75, 3.05) is 6.54 Å². The van der Waals surface area contributed by atoms with Crippen LogP contribution in [-0.2, 0) is 19.6 Å². The van der Waals surface area contributed by atoms with Crippen LogP contribution < -0.4 is 15.2 Å². The van der Waals surface area contributed by atoms with Crippen LogP contribution in [0.15, 0.2) is 78.9 Å². The molecule has 0 aromatic heterocycles. The van der Waals surface area contributed by atoms with Crippen molar-refractivity contribution in [3.63, 3.8) is 0 Å². The van der Waals surface area contributed by atoms with Gasteiger partial charge < -0.3 is 15.2 Å². The van der Waals surface area contributed by atoms with Gasteiger partial charge in [0.1, 0.15) is 13.2 Å². The second-order valence-corrected chi connectivity index (χ2v) is 5.87. The second kappa shape index (κ2) is 10.5. The van der Waals surface area contributed by atoms with Crippen LogP contribution in [0.4, 0.5) is 0 Å². The van der Waals surface area contributed by atoms with Gasteiger partial charge in [-0.2, -0.15) is 0 Å². The topological polar surface area (TPSA) is 44.5 Å². The molecule has 0 fully saturated rings. The maximum atomic E-state index is 6.03. The third-order valence-corrected chi connectivity index (χ3v) is 3.92. The highest BCUT2D eigenvalue weighted by atomic mass is 35.5. The zero-order valence-corrected chi connectivity index (χ0v) is 15.5. The monoisotopic (exact) mass is 369 g/mol. The van der Waals surface area contributed by atoms with E-state index in [1.54, 1.807) is 0 Å². The first-order valence-electron chi connectivity index (χ1n) is 8.51. The molecule has 3 rings (SSSR count). The van der Waals surface area contributed by atoms with Crippen LogP contribution in [0.5, 0.6) is 11.5 Å². The van der Waals surface area contributed by atoms with Gasteiger partial charge in [0.15, 0.2) is 11.5 Å². The normalized spacial score (nSPS) is 10.0. The third kappa shape index (κ3) is 5.80. The molecule has 0 radical (unpaired) electrons. The summed E-state index contributed by atoms with van der Waals surface area (Å²) in [4.78, 5) is 0. The van der Waals surface area contributed by atoms with E-state index in [4.69, 9.17) is 15.2 Å². The standard InChI is InChI=1S/C22H23NO2.ClH/c23-14-13-18-11-12-21(24-16-19-7-3-1-4-8-19)22(15-18)25-17-20-9-5-2-6-10-20;/h1-12,15H,13-14,16-17,23H2;1H. The second-order valence-electron chi connectivity index (χ2n) is 5.87. The predicted molar refractivity (Wildman–Crippen MR) is 108 cm³/mol. The summed E-state index contributed by atoms with van der Waals surface area (Å²) in [5.74, 6) is 1.51. The summed E-state index contributed by atoms with van der Waals surface area (Å²) < 4.78 is 12.0. The van der Waals surface area contributed by atoms with Gasteiger partial charge in [0.05, 0.1) is 0 Å². The quantitative estimate of drug-likeness (QED) is 0.622. The number of benzene rings is 3. The van der Waals surface area contributed by atoms with Gasteiger partial charge in [-0.25, -0.2) is 0 Å². The Kier molecular flexibility index (Phi) is 8.00. The molecular weight excluding hydrogens is 346 g/mol. The lowest BCUT2D eigenvalue weighted by atomic mass is 10.1. The number of nitrogens with two attached hydrogens (primary N) is 1. The van der Waals surface area contributed by atoms with Crippen LogP contribution in [0.1, 0.15) is 16.7 Å². The van der Waals surface area contributed by atoms with E-state index in [1.807, 2.05) is 78.9 Å². The Morgan fingerprint density at radius 3 is 1.69 bits per heavy atom. The fourth-order valence-electron chi connectivity index (χ4n) is 2.58. The van der Waals surface area contributed by atoms with Crippen molar-refractivity contribution in [1.29, 1.82) is 0 Å². The Bertz CT molecular complexity index is 779. The number of hydrogen-bond donors (Lipinski definition) is 1. The summed E-state index contributed by atoms with van der Waals surface area (Å²) in [6, 6.07) is 26.3. The van der Waals surface area contributed by atoms with Gasteiger partial charge in [0.25, 0.3) is 0 Å². The van der Waals surface area contributed by atoms with Crippen molar-refractivity contribution in [2.24, 2.45) is 5.73 Å². The lowest BCUT2D eigenvalue weighted by Crippen LogP contribution is -2.04. The maximum absolute atomic E-state index is 6.03. The van der Waals surface area contributed by atoms with Gasteiger partial charge in [0, 0.05) is 0 Å². The Labute approximate surface area is 161 Å². The Morgan fingerprint density at radius 2 is 1.15 bits per heavy atom. The van der Waals surface area contributed by atoms with Gasteiger partial charge in [-0.1, -0.05) is 66.7 Å². The van der Waals surface area contributed by atoms with Gasteiger partial charge in [-0.05, 0) is 41.8 Å². The number of halogens is 1. The molecule has 0 amide bonds. The smallest absolute Gasteiger partial charge is 0.161 e. The first-order valence-corrected chi connectivity index (χ1v) is 8.51. The molecule has 0 aliphatic rings. The first kappa shape index (κ1) is 19.8. The van der Waals surface area contributed by atoms with Crippen LogP contribution in [0, 0.1) is 0 Å². The van der Waals surface area contributed by atoms with E-state index in [9.17, 15) is 0 Å². The van der Waals surface area contributed by atoms with Crippen LogP contribution in [0.3, 0.4) is 0 Å². The SMILES string of the molecule is Cl.NCCc1ccc(OCc2ccccc2)c(OCc2ccccc2)c1. The molecule has 2 N–H and O–H groups in total. The molecule has 0 aliphatic carbocycles. The summed E-state index contributed by atoms with van der Waals surface area (Å²) >= 11 is 0. The molecule has 136 valence electrons. The fourth-order valence-corrected chi connectivity index (χ4v) is 2.58. The molecule has 0 unspecified atom stereocenters. The largest absolute Gasteiger partial charge is 0.485 e. The van der Waals surface area contributed by atoms with E-state index in [-0.39, 0.29) is 12.4 Å². The summed E-state index contributed by atoms with van der Waals surface area (Å²) in [6.07, 6.45) is 0.820. The Hall–Kier alpha value is -2.49. The number of ether oxygens (including phenoxy) is 2. The van der Waals surface area contributed by atoms with Crippen molar-refractivity contribution in [3.05, 3.63) is 95.6 Å². The molecular formula is C22H24ClNO2. The van der Waals surface area contributed by atoms with Gasteiger partial charge in [-0.15, -0.1) is 12.4 Å². The maximum Gasteiger partial charge on any atom is 0.161 e. The van der Waals surface area contributed by atoms with Crippen molar-refractivity contribution in [2.45, 2.75) is 19.6 Å². The third-order valence-electron chi connectivity index (χ3n) is 3.92. The van der Waals surface area contributed by atoms with E-state index >= 15 is 0 Å². The molecule has 4 heteroatoms. The average Bonchev–Trinajstić information content (AvgIpc) is 2.67. The van der Waals surface area contributed by atoms with Gasteiger partial charge in [0.2, 0.25) is 0 Å². The van der Waals surface area contributed by atoms with Crippen molar-refractivity contribution < 1.29 is 9.47 Å².